The summed E-state index contributed by atoms with van der Waals surface area (Å²) in [5.74, 6) is -3.08. The van der Waals surface area contributed by atoms with Gasteiger partial charge in [-0.2, -0.15) is 8.42 Å². The summed E-state index contributed by atoms with van der Waals surface area (Å²) in [6.07, 6.45) is 0. The molecule has 0 unspecified atom stereocenters. The topological polar surface area (TPSA) is 126 Å². The molecular formula is C15H9KO7S. The third kappa shape index (κ3) is 2.92. The van der Waals surface area contributed by atoms with E-state index in [9.17, 15) is 27.4 Å². The molecule has 0 saturated heterocycles. The van der Waals surface area contributed by atoms with Crippen molar-refractivity contribution in [1.82, 2.24) is 0 Å². The van der Waals surface area contributed by atoms with Crippen LogP contribution in [0.2, 0.25) is 0 Å². The molecule has 7 nitrogen and oxygen atoms in total. The van der Waals surface area contributed by atoms with Crippen molar-refractivity contribution in [2.45, 2.75) is 4.90 Å². The Labute approximate surface area is 178 Å². The predicted molar refractivity (Wildman–Crippen MR) is 83.7 cm³/mol. The number of hydrogen-bond donors (Lipinski definition) is 2. The first-order chi connectivity index (χ1) is 10.7. The van der Waals surface area contributed by atoms with E-state index in [2.05, 4.69) is 0 Å². The number of carboxylic acid groups (broad SMARTS) is 1. The molecular weight excluding hydrogens is 363 g/mol. The van der Waals surface area contributed by atoms with Gasteiger partial charge < -0.3 is 5.11 Å². The van der Waals surface area contributed by atoms with Gasteiger partial charge in [0, 0.05) is 16.7 Å². The molecule has 0 atom stereocenters. The van der Waals surface area contributed by atoms with Gasteiger partial charge in [-0.25, -0.2) is 4.79 Å². The second-order valence-electron chi connectivity index (χ2n) is 4.85. The minimum absolute atomic E-state index is 0. The molecule has 0 heterocycles. The maximum atomic E-state index is 12.6. The van der Waals surface area contributed by atoms with Crippen LogP contribution in [0, 0.1) is 0 Å². The molecule has 2 aromatic rings. The molecule has 0 amide bonds. The summed E-state index contributed by atoms with van der Waals surface area (Å²) in [5, 5.41) is 9.11. The van der Waals surface area contributed by atoms with Gasteiger partial charge in [-0.1, -0.05) is 24.3 Å². The third-order valence-electron chi connectivity index (χ3n) is 3.53. The van der Waals surface area contributed by atoms with E-state index >= 15 is 0 Å². The zero-order chi connectivity index (χ0) is 16.9. The Morgan fingerprint density at radius 2 is 1.42 bits per heavy atom. The van der Waals surface area contributed by atoms with Crippen molar-refractivity contribution in [2.24, 2.45) is 0 Å². The summed E-state index contributed by atoms with van der Waals surface area (Å²) in [6.45, 7) is 0. The van der Waals surface area contributed by atoms with E-state index in [-0.39, 0.29) is 68.1 Å². The molecule has 24 heavy (non-hydrogen) atoms. The van der Waals surface area contributed by atoms with Gasteiger partial charge >= 0.3 is 57.4 Å². The summed E-state index contributed by atoms with van der Waals surface area (Å²) < 4.78 is 32.6. The number of hydrogen-bond acceptors (Lipinski definition) is 5. The Bertz CT molecular complexity index is 1010. The quantitative estimate of drug-likeness (QED) is 0.502. The first-order valence-electron chi connectivity index (χ1n) is 6.29. The van der Waals surface area contributed by atoms with Gasteiger partial charge in [-0.3, -0.25) is 14.1 Å². The second kappa shape index (κ2) is 6.60. The summed E-state index contributed by atoms with van der Waals surface area (Å²) in [6, 6.07) is 7.73. The maximum absolute atomic E-state index is 12.6. The summed E-state index contributed by atoms with van der Waals surface area (Å²) in [4.78, 5) is 35.2. The Hall–Kier alpha value is -1.20. The van der Waals surface area contributed by atoms with Crippen LogP contribution in [-0.2, 0) is 10.1 Å². The molecule has 118 valence electrons. The second-order valence-corrected chi connectivity index (χ2v) is 6.21. The van der Waals surface area contributed by atoms with Crippen LogP contribution in [0.4, 0.5) is 0 Å². The number of ketones is 2. The molecule has 3 rings (SSSR count). The van der Waals surface area contributed by atoms with E-state index in [0.29, 0.717) is 0 Å². The van der Waals surface area contributed by atoms with E-state index < -0.39 is 43.7 Å². The molecule has 1 aliphatic carbocycles. The van der Waals surface area contributed by atoms with Crippen molar-refractivity contribution in [1.29, 1.82) is 0 Å². The average Bonchev–Trinajstić information content (AvgIpc) is 2.50. The van der Waals surface area contributed by atoms with Crippen molar-refractivity contribution in [3.8, 4) is 0 Å². The van der Waals surface area contributed by atoms with Gasteiger partial charge in [-0.15, -0.1) is 0 Å². The molecule has 0 bridgehead atoms. The number of carbonyl (C=O) groups is 3. The van der Waals surface area contributed by atoms with Crippen LogP contribution in [0.1, 0.15) is 42.2 Å². The van der Waals surface area contributed by atoms with Crippen LogP contribution in [0.15, 0.2) is 41.3 Å². The molecule has 2 aromatic carbocycles. The van der Waals surface area contributed by atoms with E-state index in [1.165, 1.54) is 18.2 Å². The van der Waals surface area contributed by atoms with E-state index in [4.69, 9.17) is 5.11 Å². The van der Waals surface area contributed by atoms with Gasteiger partial charge in [0.15, 0.2) is 11.6 Å². The summed E-state index contributed by atoms with van der Waals surface area (Å²) in [5.41, 5.74) is -1.60. The molecule has 1 aliphatic rings. The number of fused-ring (bicyclic) bond motifs is 2. The van der Waals surface area contributed by atoms with Crippen molar-refractivity contribution >= 4 is 79.0 Å². The Morgan fingerprint density at radius 3 is 1.92 bits per heavy atom. The fraction of sp³-hybridized carbons (Fsp3) is 0. The molecule has 0 saturated carbocycles. The van der Waals surface area contributed by atoms with Gasteiger partial charge in [0.25, 0.3) is 10.1 Å². The van der Waals surface area contributed by atoms with E-state index in [1.807, 2.05) is 0 Å². The van der Waals surface area contributed by atoms with Crippen LogP contribution in [0.5, 0.6) is 0 Å². The molecule has 0 aromatic heterocycles. The monoisotopic (exact) mass is 372 g/mol. The number of carbonyl (C=O) groups excluding carboxylic acids is 2. The van der Waals surface area contributed by atoms with Crippen molar-refractivity contribution in [3.05, 3.63) is 64.2 Å². The predicted octanol–water partition coefficient (Wildman–Crippen LogP) is 0.758. The Balaban J connectivity index is 0.00000208. The van der Waals surface area contributed by atoms with Gasteiger partial charge in [0.2, 0.25) is 0 Å². The van der Waals surface area contributed by atoms with Gasteiger partial charge in [0.05, 0.1) is 11.1 Å². The summed E-state index contributed by atoms with van der Waals surface area (Å²) >= 11 is 0. The number of aromatic carboxylic acids is 1. The first kappa shape index (κ1) is 19.1. The zero-order valence-electron chi connectivity index (χ0n) is 11.3. The number of benzene rings is 2. The van der Waals surface area contributed by atoms with Crippen LogP contribution >= 0.6 is 0 Å². The van der Waals surface area contributed by atoms with Crippen LogP contribution in [0.25, 0.3) is 0 Å². The van der Waals surface area contributed by atoms with Crippen molar-refractivity contribution < 1.29 is 32.5 Å². The molecule has 0 fully saturated rings. The van der Waals surface area contributed by atoms with E-state index in [1.54, 1.807) is 6.07 Å². The Morgan fingerprint density at radius 1 is 0.875 bits per heavy atom. The van der Waals surface area contributed by atoms with Crippen molar-refractivity contribution in [2.75, 3.05) is 0 Å². The molecule has 2 N–H and O–H groups in total. The van der Waals surface area contributed by atoms with Crippen LogP contribution in [0.3, 0.4) is 0 Å². The van der Waals surface area contributed by atoms with Gasteiger partial charge in [-0.05, 0) is 12.1 Å². The molecule has 9 heteroatoms. The minimum atomic E-state index is -5.03. The van der Waals surface area contributed by atoms with Crippen LogP contribution in [-0.4, -0.2) is 87.0 Å². The zero-order valence-corrected chi connectivity index (χ0v) is 12.1. The fourth-order valence-electron chi connectivity index (χ4n) is 2.59. The number of carboxylic acids is 1. The summed E-state index contributed by atoms with van der Waals surface area (Å²) in [7, 11) is -5.03. The SMILES string of the molecule is O=C1c2ccccc2C(=O)c2c1ccc(C(=O)O)c2S(=O)(=O)O.[KH]. The first-order valence-corrected chi connectivity index (χ1v) is 7.73. The Kier molecular flexibility index (Phi) is 5.26. The number of rotatable bonds is 2. The normalized spacial score (nSPS) is 12.9. The van der Waals surface area contributed by atoms with E-state index in [0.717, 1.165) is 12.1 Å². The van der Waals surface area contributed by atoms with Crippen LogP contribution < -0.4 is 0 Å². The fourth-order valence-corrected chi connectivity index (χ4v) is 3.49. The standard InChI is InChI=1S/C15H8O7S.K.H/c16-12-7-3-1-2-4-8(7)13(17)11-9(12)5-6-10(15(18)19)14(11)23(20,21)22;;/h1-6H,(H,18,19)(H,20,21,22);;. The molecule has 0 radical (unpaired) electrons. The van der Waals surface area contributed by atoms with Crippen molar-refractivity contribution in [3.63, 3.8) is 0 Å². The van der Waals surface area contributed by atoms with Gasteiger partial charge in [0.1, 0.15) is 4.90 Å². The third-order valence-corrected chi connectivity index (χ3v) is 4.47. The molecule has 0 aliphatic heterocycles. The average molecular weight is 372 g/mol. The molecule has 0 spiro atoms.